The summed E-state index contributed by atoms with van der Waals surface area (Å²) >= 11 is 0. The van der Waals surface area contributed by atoms with Crippen LogP contribution in [0.2, 0.25) is 0 Å². The molecule has 0 saturated carbocycles. The number of methoxy groups -OCH3 is 1. The summed E-state index contributed by atoms with van der Waals surface area (Å²) in [5, 5.41) is 3.57. The molecule has 1 fully saturated rings. The van der Waals surface area contributed by atoms with Crippen molar-refractivity contribution in [3.8, 4) is 0 Å². The molecule has 0 aliphatic carbocycles. The zero-order valence-electron chi connectivity index (χ0n) is 12.6. The maximum absolute atomic E-state index is 11.6. The van der Waals surface area contributed by atoms with Gasteiger partial charge in [0.05, 0.1) is 12.7 Å². The molecule has 1 heterocycles. The second-order valence-corrected chi connectivity index (χ2v) is 5.77. The number of benzene rings is 1. The number of nitrogens with one attached hydrogen (secondary N) is 1. The largest absolute Gasteiger partial charge is 0.465 e. The van der Waals surface area contributed by atoms with Gasteiger partial charge in [-0.15, -0.1) is 0 Å². The lowest BCUT2D eigenvalue weighted by molar-refractivity contribution is 0.0601. The molecular formula is C16H24N2O2. The summed E-state index contributed by atoms with van der Waals surface area (Å²) in [6.07, 6.45) is 1.17. The van der Waals surface area contributed by atoms with Gasteiger partial charge in [-0.25, -0.2) is 4.79 Å². The van der Waals surface area contributed by atoms with Gasteiger partial charge in [0.1, 0.15) is 0 Å². The number of piperazine rings is 1. The number of carbonyl (C=O) groups is 1. The van der Waals surface area contributed by atoms with E-state index in [9.17, 15) is 4.79 Å². The van der Waals surface area contributed by atoms with Gasteiger partial charge in [0.15, 0.2) is 0 Å². The Morgan fingerprint density at radius 1 is 1.50 bits per heavy atom. The lowest BCUT2D eigenvalue weighted by Gasteiger charge is -2.36. The minimum atomic E-state index is -0.277. The third kappa shape index (κ3) is 3.73. The molecule has 0 amide bonds. The molecule has 110 valence electrons. The van der Waals surface area contributed by atoms with Gasteiger partial charge in [-0.2, -0.15) is 0 Å². The van der Waals surface area contributed by atoms with Crippen LogP contribution in [0, 0.1) is 5.92 Å². The van der Waals surface area contributed by atoms with E-state index in [1.165, 1.54) is 13.5 Å². The fourth-order valence-corrected chi connectivity index (χ4v) is 2.73. The molecule has 0 aromatic heterocycles. The summed E-state index contributed by atoms with van der Waals surface area (Å²) in [6.45, 7) is 7.44. The van der Waals surface area contributed by atoms with E-state index >= 15 is 0 Å². The van der Waals surface area contributed by atoms with E-state index in [2.05, 4.69) is 30.1 Å². The van der Waals surface area contributed by atoms with E-state index < -0.39 is 0 Å². The highest BCUT2D eigenvalue weighted by molar-refractivity contribution is 5.90. The zero-order valence-corrected chi connectivity index (χ0v) is 12.6. The fraction of sp³-hybridized carbons (Fsp3) is 0.562. The van der Waals surface area contributed by atoms with E-state index in [4.69, 9.17) is 4.74 Å². The van der Waals surface area contributed by atoms with Crippen LogP contribution in [0.3, 0.4) is 0 Å². The van der Waals surface area contributed by atoms with Crippen molar-refractivity contribution in [3.63, 3.8) is 0 Å². The Morgan fingerprint density at radius 3 is 3.00 bits per heavy atom. The molecular weight excluding hydrogens is 252 g/mol. The molecule has 0 bridgehead atoms. The van der Waals surface area contributed by atoms with Crippen molar-refractivity contribution in [1.29, 1.82) is 0 Å². The second-order valence-electron chi connectivity index (χ2n) is 5.77. The van der Waals surface area contributed by atoms with E-state index in [-0.39, 0.29) is 5.97 Å². The van der Waals surface area contributed by atoms with Crippen molar-refractivity contribution in [2.24, 2.45) is 5.92 Å². The molecule has 2 rings (SSSR count). The maximum Gasteiger partial charge on any atom is 0.337 e. The van der Waals surface area contributed by atoms with Crippen molar-refractivity contribution in [1.82, 2.24) is 5.32 Å². The number of anilines is 1. The summed E-state index contributed by atoms with van der Waals surface area (Å²) < 4.78 is 4.78. The normalized spacial score (nSPS) is 19.2. The molecule has 1 aromatic rings. The van der Waals surface area contributed by atoms with Crippen molar-refractivity contribution < 1.29 is 9.53 Å². The van der Waals surface area contributed by atoms with Gasteiger partial charge < -0.3 is 15.0 Å². The highest BCUT2D eigenvalue weighted by atomic mass is 16.5. The molecule has 1 atom stereocenters. The summed E-state index contributed by atoms with van der Waals surface area (Å²) in [7, 11) is 1.42. The number of esters is 1. The molecule has 1 N–H and O–H groups in total. The number of hydrogen-bond donors (Lipinski definition) is 1. The first-order valence-corrected chi connectivity index (χ1v) is 7.27. The molecule has 1 saturated heterocycles. The Labute approximate surface area is 121 Å². The van der Waals surface area contributed by atoms with Crippen LogP contribution in [0.5, 0.6) is 0 Å². The second kappa shape index (κ2) is 6.75. The molecule has 1 aliphatic heterocycles. The van der Waals surface area contributed by atoms with E-state index in [1.807, 2.05) is 12.1 Å². The Hall–Kier alpha value is -1.55. The third-order valence-corrected chi connectivity index (χ3v) is 3.64. The average Bonchev–Trinajstić information content (AvgIpc) is 2.46. The van der Waals surface area contributed by atoms with Gasteiger partial charge in [-0.3, -0.25) is 0 Å². The highest BCUT2D eigenvalue weighted by Crippen LogP contribution is 2.20. The Morgan fingerprint density at radius 2 is 2.30 bits per heavy atom. The van der Waals surface area contributed by atoms with Gasteiger partial charge in [0.25, 0.3) is 0 Å². The predicted octanol–water partition coefficient (Wildman–Crippen LogP) is 2.30. The van der Waals surface area contributed by atoms with Crippen molar-refractivity contribution >= 4 is 11.7 Å². The lowest BCUT2D eigenvalue weighted by atomic mass is 10.0. The summed E-state index contributed by atoms with van der Waals surface area (Å²) in [5.74, 6) is 0.412. The van der Waals surface area contributed by atoms with E-state index in [0.29, 0.717) is 17.5 Å². The quantitative estimate of drug-likeness (QED) is 0.857. The van der Waals surface area contributed by atoms with Gasteiger partial charge in [0, 0.05) is 31.4 Å². The zero-order chi connectivity index (χ0) is 14.5. The number of carbonyl (C=O) groups excluding carboxylic acids is 1. The smallest absolute Gasteiger partial charge is 0.337 e. The first-order chi connectivity index (χ1) is 9.60. The van der Waals surface area contributed by atoms with Crippen LogP contribution in [0.4, 0.5) is 5.69 Å². The molecule has 0 unspecified atom stereocenters. The van der Waals surface area contributed by atoms with Crippen LogP contribution in [0.15, 0.2) is 24.3 Å². The van der Waals surface area contributed by atoms with Crippen LogP contribution < -0.4 is 10.2 Å². The number of ether oxygens (including phenoxy) is 1. The molecule has 1 aromatic carbocycles. The van der Waals surface area contributed by atoms with Gasteiger partial charge in [-0.1, -0.05) is 19.9 Å². The third-order valence-electron chi connectivity index (χ3n) is 3.64. The molecule has 0 radical (unpaired) electrons. The number of rotatable bonds is 4. The molecule has 1 aliphatic rings. The topological polar surface area (TPSA) is 41.6 Å². The van der Waals surface area contributed by atoms with E-state index in [1.54, 1.807) is 6.07 Å². The Bertz CT molecular complexity index is 460. The highest BCUT2D eigenvalue weighted by Gasteiger charge is 2.20. The van der Waals surface area contributed by atoms with Crippen molar-refractivity contribution in [3.05, 3.63) is 29.8 Å². The summed E-state index contributed by atoms with van der Waals surface area (Å²) in [6, 6.07) is 8.21. The van der Waals surface area contributed by atoms with Gasteiger partial charge in [0.2, 0.25) is 0 Å². The van der Waals surface area contributed by atoms with Crippen LogP contribution in [0.1, 0.15) is 30.6 Å². The minimum Gasteiger partial charge on any atom is -0.465 e. The molecule has 4 nitrogen and oxygen atoms in total. The van der Waals surface area contributed by atoms with E-state index in [0.717, 1.165) is 25.3 Å². The van der Waals surface area contributed by atoms with Crippen LogP contribution in [0.25, 0.3) is 0 Å². The van der Waals surface area contributed by atoms with Gasteiger partial charge in [-0.05, 0) is 30.5 Å². The first kappa shape index (κ1) is 14.9. The molecule has 20 heavy (non-hydrogen) atoms. The lowest BCUT2D eigenvalue weighted by Crippen LogP contribution is -2.51. The number of hydrogen-bond acceptors (Lipinski definition) is 4. The average molecular weight is 276 g/mol. The van der Waals surface area contributed by atoms with Crippen molar-refractivity contribution in [2.75, 3.05) is 31.6 Å². The van der Waals surface area contributed by atoms with Crippen LogP contribution in [-0.4, -0.2) is 38.8 Å². The van der Waals surface area contributed by atoms with Crippen LogP contribution >= 0.6 is 0 Å². The minimum absolute atomic E-state index is 0.277. The van der Waals surface area contributed by atoms with Gasteiger partial charge >= 0.3 is 5.97 Å². The van der Waals surface area contributed by atoms with Crippen molar-refractivity contribution in [2.45, 2.75) is 26.3 Å². The fourth-order valence-electron chi connectivity index (χ4n) is 2.73. The van der Waals surface area contributed by atoms with Crippen LogP contribution in [-0.2, 0) is 4.74 Å². The summed E-state index contributed by atoms with van der Waals surface area (Å²) in [4.78, 5) is 13.9. The monoisotopic (exact) mass is 276 g/mol. The summed E-state index contributed by atoms with van der Waals surface area (Å²) in [5.41, 5.74) is 1.71. The predicted molar refractivity (Wildman–Crippen MR) is 81.2 cm³/mol. The number of nitrogens with zero attached hydrogens (tertiary/aromatic N) is 1. The standard InChI is InChI=1S/C16H24N2O2/c1-12(2)9-14-11-18(8-7-17-14)15-6-4-5-13(10-15)16(19)20-3/h4-6,10,12,14,17H,7-9,11H2,1-3H3/t14-/m1/s1. The molecule has 0 spiro atoms. The Kier molecular flexibility index (Phi) is 5.01. The first-order valence-electron chi connectivity index (χ1n) is 7.27. The Balaban J connectivity index is 2.08. The SMILES string of the molecule is COC(=O)c1cccc(N2CCN[C@H](CC(C)C)C2)c1. The maximum atomic E-state index is 11.6. The molecule has 4 heteroatoms.